The number of carbonyl (C=O) groups excluding carboxylic acids is 1. The van der Waals surface area contributed by atoms with Gasteiger partial charge in [-0.1, -0.05) is 30.3 Å². The number of hydrogen-bond donors (Lipinski definition) is 1. The fourth-order valence-electron chi connectivity index (χ4n) is 3.55. The highest BCUT2D eigenvalue weighted by molar-refractivity contribution is 5.74. The van der Waals surface area contributed by atoms with Gasteiger partial charge in [0.2, 0.25) is 6.79 Å². The van der Waals surface area contributed by atoms with Crippen LogP contribution in [0.4, 0.5) is 4.79 Å². The van der Waals surface area contributed by atoms with Gasteiger partial charge in [-0.2, -0.15) is 0 Å². The number of nitrogens with zero attached hydrogens (tertiary/aromatic N) is 2. The van der Waals surface area contributed by atoms with Crippen LogP contribution >= 0.6 is 0 Å². The van der Waals surface area contributed by atoms with Crippen LogP contribution in [0.5, 0.6) is 11.5 Å². The Morgan fingerprint density at radius 2 is 2.04 bits per heavy atom. The first kappa shape index (κ1) is 16.7. The van der Waals surface area contributed by atoms with E-state index in [1.165, 1.54) is 11.1 Å². The van der Waals surface area contributed by atoms with Gasteiger partial charge in [-0.25, -0.2) is 4.79 Å². The second kappa shape index (κ2) is 6.88. The predicted octanol–water partition coefficient (Wildman–Crippen LogP) is 2.74. The first-order chi connectivity index (χ1) is 12.6. The van der Waals surface area contributed by atoms with Gasteiger partial charge in [0, 0.05) is 26.7 Å². The molecule has 0 fully saturated rings. The summed E-state index contributed by atoms with van der Waals surface area (Å²) in [6, 6.07) is 14.0. The number of urea groups is 1. The summed E-state index contributed by atoms with van der Waals surface area (Å²) < 4.78 is 10.7. The summed E-state index contributed by atoms with van der Waals surface area (Å²) >= 11 is 0. The molecule has 0 saturated carbocycles. The molecule has 1 N–H and O–H groups in total. The lowest BCUT2D eigenvalue weighted by Gasteiger charge is -2.33. The van der Waals surface area contributed by atoms with E-state index in [-0.39, 0.29) is 18.9 Å². The van der Waals surface area contributed by atoms with Crippen molar-refractivity contribution in [1.29, 1.82) is 0 Å². The van der Waals surface area contributed by atoms with Gasteiger partial charge in [-0.3, -0.25) is 4.90 Å². The number of benzene rings is 2. The van der Waals surface area contributed by atoms with Gasteiger partial charge in [0.1, 0.15) is 0 Å². The molecule has 1 atom stereocenters. The third-order valence-corrected chi connectivity index (χ3v) is 4.87. The minimum absolute atomic E-state index is 0.00310. The van der Waals surface area contributed by atoms with Crippen LogP contribution in [-0.2, 0) is 13.1 Å². The molecule has 136 valence electrons. The molecule has 2 aliphatic rings. The SMILES string of the molecule is CN1Cc2ccccc2C(NC(=O)N(C)Cc2ccc3c(c2)OCO3)C1. The summed E-state index contributed by atoms with van der Waals surface area (Å²) in [5.74, 6) is 1.49. The zero-order valence-electron chi connectivity index (χ0n) is 15.1. The number of amides is 2. The number of ether oxygens (including phenoxy) is 2. The Morgan fingerprint density at radius 1 is 1.23 bits per heavy atom. The quantitative estimate of drug-likeness (QED) is 0.922. The molecule has 0 aromatic heterocycles. The Balaban J connectivity index is 1.43. The van der Waals surface area contributed by atoms with Crippen molar-refractivity contribution >= 4 is 6.03 Å². The van der Waals surface area contributed by atoms with Crippen molar-refractivity contribution in [3.05, 3.63) is 59.2 Å². The topological polar surface area (TPSA) is 54.0 Å². The molecule has 0 radical (unpaired) electrons. The van der Waals surface area contributed by atoms with Crippen molar-refractivity contribution in [2.45, 2.75) is 19.1 Å². The average Bonchev–Trinajstić information content (AvgIpc) is 3.09. The van der Waals surface area contributed by atoms with E-state index in [2.05, 4.69) is 29.4 Å². The van der Waals surface area contributed by atoms with Crippen molar-refractivity contribution in [1.82, 2.24) is 15.1 Å². The highest BCUT2D eigenvalue weighted by Crippen LogP contribution is 2.32. The molecule has 6 heteroatoms. The number of hydrogen-bond acceptors (Lipinski definition) is 4. The number of fused-ring (bicyclic) bond motifs is 2. The Labute approximate surface area is 153 Å². The van der Waals surface area contributed by atoms with E-state index >= 15 is 0 Å². The minimum atomic E-state index is -0.0854. The van der Waals surface area contributed by atoms with E-state index in [0.29, 0.717) is 6.54 Å². The minimum Gasteiger partial charge on any atom is -0.454 e. The van der Waals surface area contributed by atoms with E-state index in [1.807, 2.05) is 30.3 Å². The van der Waals surface area contributed by atoms with E-state index in [4.69, 9.17) is 9.47 Å². The van der Waals surface area contributed by atoms with Crippen LogP contribution < -0.4 is 14.8 Å². The lowest BCUT2D eigenvalue weighted by molar-refractivity contribution is 0.173. The number of rotatable bonds is 3. The zero-order chi connectivity index (χ0) is 18.1. The lowest BCUT2D eigenvalue weighted by Crippen LogP contribution is -2.44. The molecular weight excluding hydrogens is 330 g/mol. The van der Waals surface area contributed by atoms with E-state index in [9.17, 15) is 4.79 Å². The lowest BCUT2D eigenvalue weighted by atomic mass is 9.96. The average molecular weight is 353 g/mol. The van der Waals surface area contributed by atoms with Crippen LogP contribution in [0.1, 0.15) is 22.7 Å². The summed E-state index contributed by atoms with van der Waals surface area (Å²) in [4.78, 5) is 16.6. The van der Waals surface area contributed by atoms with Gasteiger partial charge in [0.25, 0.3) is 0 Å². The smallest absolute Gasteiger partial charge is 0.317 e. The van der Waals surface area contributed by atoms with Gasteiger partial charge in [-0.05, 0) is 35.9 Å². The molecule has 26 heavy (non-hydrogen) atoms. The first-order valence-corrected chi connectivity index (χ1v) is 8.76. The number of likely N-dealkylation sites (N-methyl/N-ethyl adjacent to an activating group) is 1. The van der Waals surface area contributed by atoms with Gasteiger partial charge in [-0.15, -0.1) is 0 Å². The van der Waals surface area contributed by atoms with Gasteiger partial charge in [0.15, 0.2) is 11.5 Å². The number of nitrogens with one attached hydrogen (secondary N) is 1. The Hall–Kier alpha value is -2.73. The Bertz CT molecular complexity index is 824. The molecule has 2 aliphatic heterocycles. The fourth-order valence-corrected chi connectivity index (χ4v) is 3.55. The van der Waals surface area contributed by atoms with Gasteiger partial charge < -0.3 is 19.7 Å². The van der Waals surface area contributed by atoms with Gasteiger partial charge >= 0.3 is 6.03 Å². The summed E-state index contributed by atoms with van der Waals surface area (Å²) in [5.41, 5.74) is 3.48. The molecule has 2 aromatic carbocycles. The predicted molar refractivity (Wildman–Crippen MR) is 98.1 cm³/mol. The molecule has 1 unspecified atom stereocenters. The molecule has 4 rings (SSSR count). The largest absolute Gasteiger partial charge is 0.454 e. The highest BCUT2D eigenvalue weighted by atomic mass is 16.7. The normalized spacial score (nSPS) is 18.3. The molecule has 6 nitrogen and oxygen atoms in total. The van der Waals surface area contributed by atoms with Crippen molar-refractivity contribution in [3.8, 4) is 11.5 Å². The molecule has 2 amide bonds. The summed E-state index contributed by atoms with van der Waals surface area (Å²) in [6.45, 7) is 2.48. The third-order valence-electron chi connectivity index (χ3n) is 4.87. The van der Waals surface area contributed by atoms with Crippen LogP contribution in [0.15, 0.2) is 42.5 Å². The molecule has 0 spiro atoms. The second-order valence-corrected chi connectivity index (χ2v) is 6.94. The van der Waals surface area contributed by atoms with Crippen LogP contribution in [0.3, 0.4) is 0 Å². The van der Waals surface area contributed by atoms with Gasteiger partial charge in [0.05, 0.1) is 6.04 Å². The van der Waals surface area contributed by atoms with Crippen LogP contribution in [0, 0.1) is 0 Å². The van der Waals surface area contributed by atoms with E-state index in [1.54, 1.807) is 11.9 Å². The van der Waals surface area contributed by atoms with Crippen LogP contribution in [-0.4, -0.2) is 43.3 Å². The van der Waals surface area contributed by atoms with Crippen LogP contribution in [0.25, 0.3) is 0 Å². The highest BCUT2D eigenvalue weighted by Gasteiger charge is 2.25. The molecule has 2 aromatic rings. The monoisotopic (exact) mass is 353 g/mol. The van der Waals surface area contributed by atoms with E-state index in [0.717, 1.165) is 30.2 Å². The maximum absolute atomic E-state index is 12.7. The zero-order valence-corrected chi connectivity index (χ0v) is 15.1. The molecule has 0 aliphatic carbocycles. The maximum Gasteiger partial charge on any atom is 0.317 e. The maximum atomic E-state index is 12.7. The fraction of sp³-hybridized carbons (Fsp3) is 0.350. The van der Waals surface area contributed by atoms with E-state index < -0.39 is 0 Å². The standard InChI is InChI=1S/C20H23N3O3/c1-22-11-15-5-3-4-6-16(15)17(12-22)21-20(24)23(2)10-14-7-8-18-19(9-14)26-13-25-18/h3-9,17H,10-13H2,1-2H3,(H,21,24). The summed E-state index contributed by atoms with van der Waals surface area (Å²) in [5, 5.41) is 3.17. The van der Waals surface area contributed by atoms with Crippen LogP contribution in [0.2, 0.25) is 0 Å². The van der Waals surface area contributed by atoms with Crippen molar-refractivity contribution in [2.75, 3.05) is 27.4 Å². The Morgan fingerprint density at radius 3 is 2.92 bits per heavy atom. The molecule has 0 bridgehead atoms. The molecular formula is C20H23N3O3. The molecule has 2 heterocycles. The van der Waals surface area contributed by atoms with Crippen molar-refractivity contribution in [2.24, 2.45) is 0 Å². The number of carbonyl (C=O) groups is 1. The Kier molecular flexibility index (Phi) is 4.42. The first-order valence-electron chi connectivity index (χ1n) is 8.76. The molecule has 0 saturated heterocycles. The second-order valence-electron chi connectivity index (χ2n) is 6.94. The summed E-state index contributed by atoms with van der Waals surface area (Å²) in [7, 11) is 3.88. The van der Waals surface area contributed by atoms with Crippen molar-refractivity contribution in [3.63, 3.8) is 0 Å². The summed E-state index contributed by atoms with van der Waals surface area (Å²) in [6.07, 6.45) is 0. The van der Waals surface area contributed by atoms with Crippen molar-refractivity contribution < 1.29 is 14.3 Å². The third kappa shape index (κ3) is 3.32.